The van der Waals surface area contributed by atoms with Crippen LogP contribution in [0.4, 0.5) is 11.5 Å². The topological polar surface area (TPSA) is 76.6 Å². The van der Waals surface area contributed by atoms with Crippen LogP contribution >= 0.6 is 0 Å². The molecule has 2 heterocycles. The molecule has 1 unspecified atom stereocenters. The van der Waals surface area contributed by atoms with E-state index in [1.54, 1.807) is 38.3 Å². The fourth-order valence-electron chi connectivity index (χ4n) is 3.47. The number of aromatic nitrogens is 2. The molecule has 7 nitrogen and oxygen atoms in total. The van der Waals surface area contributed by atoms with Crippen LogP contribution in [0.3, 0.4) is 0 Å². The van der Waals surface area contributed by atoms with Gasteiger partial charge < -0.3 is 19.7 Å². The minimum absolute atomic E-state index is 0.224. The second-order valence-electron chi connectivity index (χ2n) is 7.47. The predicted octanol–water partition coefficient (Wildman–Crippen LogP) is 4.16. The summed E-state index contributed by atoms with van der Waals surface area (Å²) in [5, 5.41) is 11.6. The summed E-state index contributed by atoms with van der Waals surface area (Å²) in [7, 11) is 1.60. The van der Waals surface area contributed by atoms with Crippen molar-refractivity contribution >= 4 is 17.4 Å². The molecular formula is C24H26N4O3. The molecular weight excluding hydrogens is 392 g/mol. The van der Waals surface area contributed by atoms with Crippen molar-refractivity contribution in [2.45, 2.75) is 25.9 Å². The van der Waals surface area contributed by atoms with Gasteiger partial charge in [0.05, 0.1) is 12.8 Å². The molecule has 2 aromatic carbocycles. The number of methoxy groups -OCH3 is 1. The van der Waals surface area contributed by atoms with Gasteiger partial charge in [-0.1, -0.05) is 12.1 Å². The minimum atomic E-state index is -0.642. The van der Waals surface area contributed by atoms with Crippen molar-refractivity contribution in [3.8, 4) is 22.8 Å². The first kappa shape index (κ1) is 20.7. The summed E-state index contributed by atoms with van der Waals surface area (Å²) in [4.78, 5) is 14.7. The number of carbonyl (C=O) groups excluding carboxylic acids is 1. The summed E-state index contributed by atoms with van der Waals surface area (Å²) in [6.07, 6.45) is 1.78. The van der Waals surface area contributed by atoms with Gasteiger partial charge in [0, 0.05) is 24.3 Å². The molecule has 3 aromatic rings. The van der Waals surface area contributed by atoms with Gasteiger partial charge in [0.25, 0.3) is 5.91 Å². The summed E-state index contributed by atoms with van der Waals surface area (Å²) in [6.45, 7) is 3.80. The number of benzene rings is 2. The number of ether oxygens (including phenoxy) is 2. The third-order valence-electron chi connectivity index (χ3n) is 5.27. The minimum Gasteiger partial charge on any atom is -0.497 e. The molecule has 1 aliphatic rings. The fraction of sp³-hybridized carbons (Fsp3) is 0.292. The van der Waals surface area contributed by atoms with Gasteiger partial charge in [-0.05, 0) is 68.3 Å². The summed E-state index contributed by atoms with van der Waals surface area (Å²) in [5.74, 6) is 2.05. The second kappa shape index (κ2) is 9.47. The molecule has 0 bridgehead atoms. The highest BCUT2D eigenvalue weighted by atomic mass is 16.5. The standard InChI is InChI=1S/C24H26N4O3/c1-17(31-21-11-9-20(30-2)10-12-21)24(29)25-19-7-5-18(6-8-19)22-13-14-23(27-26-22)28-15-3-4-16-28/h5-14,17H,3-4,15-16H2,1-2H3,(H,25,29). The largest absolute Gasteiger partial charge is 0.497 e. The van der Waals surface area contributed by atoms with Crippen molar-refractivity contribution in [1.82, 2.24) is 10.2 Å². The van der Waals surface area contributed by atoms with Gasteiger partial charge in [-0.15, -0.1) is 10.2 Å². The van der Waals surface area contributed by atoms with Gasteiger partial charge in [-0.25, -0.2) is 0 Å². The number of rotatable bonds is 7. The number of anilines is 2. The average molecular weight is 418 g/mol. The van der Waals surface area contributed by atoms with Crippen LogP contribution in [0.5, 0.6) is 11.5 Å². The summed E-state index contributed by atoms with van der Waals surface area (Å²) < 4.78 is 10.8. The van der Waals surface area contributed by atoms with Gasteiger partial charge in [-0.2, -0.15) is 0 Å². The van der Waals surface area contributed by atoms with E-state index in [0.29, 0.717) is 11.4 Å². The Morgan fingerprint density at radius 2 is 1.61 bits per heavy atom. The number of nitrogens with zero attached hydrogens (tertiary/aromatic N) is 3. The summed E-state index contributed by atoms with van der Waals surface area (Å²) >= 11 is 0. The fourth-order valence-corrected chi connectivity index (χ4v) is 3.47. The SMILES string of the molecule is COc1ccc(OC(C)C(=O)Nc2ccc(-c3ccc(N4CCCC4)nn3)cc2)cc1. The normalized spacial score (nSPS) is 14.2. The van der Waals surface area contributed by atoms with E-state index in [1.165, 1.54) is 12.8 Å². The Morgan fingerprint density at radius 1 is 0.935 bits per heavy atom. The lowest BCUT2D eigenvalue weighted by molar-refractivity contribution is -0.122. The Labute approximate surface area is 182 Å². The van der Waals surface area contributed by atoms with Crippen LogP contribution in [0.15, 0.2) is 60.7 Å². The van der Waals surface area contributed by atoms with Crippen molar-refractivity contribution in [2.24, 2.45) is 0 Å². The maximum atomic E-state index is 12.5. The van der Waals surface area contributed by atoms with Crippen LogP contribution in [0, 0.1) is 0 Å². The zero-order valence-electron chi connectivity index (χ0n) is 17.7. The number of hydrogen-bond acceptors (Lipinski definition) is 6. The number of hydrogen-bond donors (Lipinski definition) is 1. The Morgan fingerprint density at radius 3 is 2.23 bits per heavy atom. The number of nitrogens with one attached hydrogen (secondary N) is 1. The maximum absolute atomic E-state index is 12.5. The lowest BCUT2D eigenvalue weighted by Gasteiger charge is -2.16. The van der Waals surface area contributed by atoms with Crippen LogP contribution in [0.2, 0.25) is 0 Å². The molecule has 1 fully saturated rings. The van der Waals surface area contributed by atoms with Gasteiger partial charge in [0.1, 0.15) is 11.5 Å². The smallest absolute Gasteiger partial charge is 0.265 e. The van der Waals surface area contributed by atoms with Crippen molar-refractivity contribution in [3.05, 3.63) is 60.7 Å². The van der Waals surface area contributed by atoms with E-state index in [-0.39, 0.29) is 5.91 Å². The third-order valence-corrected chi connectivity index (χ3v) is 5.27. The number of carbonyl (C=O) groups is 1. The zero-order chi connectivity index (χ0) is 21.6. The molecule has 0 aliphatic carbocycles. The first-order valence-corrected chi connectivity index (χ1v) is 10.4. The second-order valence-corrected chi connectivity index (χ2v) is 7.47. The Kier molecular flexibility index (Phi) is 6.31. The van der Waals surface area contributed by atoms with Crippen LogP contribution in [-0.2, 0) is 4.79 Å². The molecule has 1 atom stereocenters. The number of amides is 1. The lowest BCUT2D eigenvalue weighted by atomic mass is 10.1. The van der Waals surface area contributed by atoms with E-state index in [4.69, 9.17) is 9.47 Å². The monoisotopic (exact) mass is 418 g/mol. The van der Waals surface area contributed by atoms with E-state index in [1.807, 2.05) is 36.4 Å². The van der Waals surface area contributed by atoms with Crippen LogP contribution in [0.25, 0.3) is 11.3 Å². The van der Waals surface area contributed by atoms with E-state index in [2.05, 4.69) is 20.4 Å². The highest BCUT2D eigenvalue weighted by Gasteiger charge is 2.16. The molecule has 0 spiro atoms. The molecule has 31 heavy (non-hydrogen) atoms. The molecule has 160 valence electrons. The van der Waals surface area contributed by atoms with Crippen LogP contribution in [-0.4, -0.2) is 42.4 Å². The van der Waals surface area contributed by atoms with Gasteiger partial charge in [-0.3, -0.25) is 4.79 Å². The molecule has 0 radical (unpaired) electrons. The van der Waals surface area contributed by atoms with Crippen LogP contribution < -0.4 is 19.7 Å². The van der Waals surface area contributed by atoms with E-state index < -0.39 is 6.10 Å². The van der Waals surface area contributed by atoms with E-state index in [0.717, 1.165) is 35.9 Å². The van der Waals surface area contributed by atoms with Gasteiger partial charge >= 0.3 is 0 Å². The molecule has 4 rings (SSSR count). The summed E-state index contributed by atoms with van der Waals surface area (Å²) in [5.41, 5.74) is 2.44. The summed E-state index contributed by atoms with van der Waals surface area (Å²) in [6, 6.07) is 18.7. The van der Waals surface area contributed by atoms with Crippen molar-refractivity contribution in [2.75, 3.05) is 30.4 Å². The zero-order valence-corrected chi connectivity index (χ0v) is 17.7. The maximum Gasteiger partial charge on any atom is 0.265 e. The molecule has 1 amide bonds. The first-order valence-electron chi connectivity index (χ1n) is 10.4. The lowest BCUT2D eigenvalue weighted by Crippen LogP contribution is -2.30. The molecule has 0 saturated carbocycles. The first-order chi connectivity index (χ1) is 15.1. The van der Waals surface area contributed by atoms with Crippen molar-refractivity contribution in [1.29, 1.82) is 0 Å². The Balaban J connectivity index is 1.34. The third kappa shape index (κ3) is 5.12. The Bertz CT molecular complexity index is 999. The molecule has 1 saturated heterocycles. The molecule has 1 aliphatic heterocycles. The van der Waals surface area contributed by atoms with E-state index >= 15 is 0 Å². The predicted molar refractivity (Wildman–Crippen MR) is 121 cm³/mol. The van der Waals surface area contributed by atoms with E-state index in [9.17, 15) is 4.79 Å². The average Bonchev–Trinajstić information content (AvgIpc) is 3.35. The van der Waals surface area contributed by atoms with Crippen molar-refractivity contribution < 1.29 is 14.3 Å². The van der Waals surface area contributed by atoms with Gasteiger partial charge in [0.2, 0.25) is 0 Å². The van der Waals surface area contributed by atoms with Crippen molar-refractivity contribution in [3.63, 3.8) is 0 Å². The van der Waals surface area contributed by atoms with Gasteiger partial charge in [0.15, 0.2) is 11.9 Å². The molecule has 1 N–H and O–H groups in total. The molecule has 7 heteroatoms. The highest BCUT2D eigenvalue weighted by molar-refractivity contribution is 5.94. The highest BCUT2D eigenvalue weighted by Crippen LogP contribution is 2.23. The van der Waals surface area contributed by atoms with Crippen LogP contribution in [0.1, 0.15) is 19.8 Å². The molecule has 1 aromatic heterocycles. The quantitative estimate of drug-likeness (QED) is 0.621. The Hall–Kier alpha value is -3.61.